The van der Waals surface area contributed by atoms with Gasteiger partial charge in [0.15, 0.2) is 6.61 Å². The Bertz CT molecular complexity index is 454. The fourth-order valence-corrected chi connectivity index (χ4v) is 3.65. The van der Waals surface area contributed by atoms with Crippen LogP contribution in [0.5, 0.6) is 0 Å². The number of hydrogen-bond acceptors (Lipinski definition) is 5. The zero-order valence-corrected chi connectivity index (χ0v) is 18.3. The maximum Gasteiger partial charge on any atom is 0.530 e. The summed E-state index contributed by atoms with van der Waals surface area (Å²) >= 11 is 0. The molecular formula is C20H39O7P. The van der Waals surface area contributed by atoms with Crippen LogP contribution in [0.25, 0.3) is 0 Å². The molecule has 166 valence electrons. The maximum absolute atomic E-state index is 11.5. The van der Waals surface area contributed by atoms with Crippen LogP contribution in [-0.4, -0.2) is 28.5 Å². The van der Waals surface area contributed by atoms with E-state index in [9.17, 15) is 19.0 Å². The molecule has 0 amide bonds. The van der Waals surface area contributed by atoms with Crippen molar-refractivity contribution in [1.82, 2.24) is 0 Å². The third-order valence-electron chi connectivity index (χ3n) is 4.55. The van der Waals surface area contributed by atoms with Gasteiger partial charge < -0.3 is 9.63 Å². The minimum atomic E-state index is -4.62. The summed E-state index contributed by atoms with van der Waals surface area (Å²) in [6.07, 6.45) is 18.2. The SMILES string of the molecule is CCCCCCCCCCCCCCCCCC(=O)OP(=O)(O)OCC(=O)O. The van der Waals surface area contributed by atoms with Crippen molar-refractivity contribution in [3.8, 4) is 0 Å². The van der Waals surface area contributed by atoms with Gasteiger partial charge in [0.1, 0.15) is 0 Å². The molecule has 0 aliphatic carbocycles. The van der Waals surface area contributed by atoms with E-state index in [1.165, 1.54) is 70.6 Å². The lowest BCUT2D eigenvalue weighted by Gasteiger charge is -2.10. The number of unbranched alkanes of at least 4 members (excludes halogenated alkanes) is 14. The zero-order chi connectivity index (χ0) is 21.1. The smallest absolute Gasteiger partial charge is 0.480 e. The lowest BCUT2D eigenvalue weighted by molar-refractivity contribution is -0.142. The van der Waals surface area contributed by atoms with Crippen LogP contribution >= 0.6 is 7.82 Å². The van der Waals surface area contributed by atoms with Gasteiger partial charge in [-0.05, 0) is 6.42 Å². The summed E-state index contributed by atoms with van der Waals surface area (Å²) in [5, 5.41) is 8.37. The molecule has 0 aromatic carbocycles. The molecule has 0 rings (SSSR count). The van der Waals surface area contributed by atoms with E-state index >= 15 is 0 Å². The number of aliphatic carboxylic acids is 1. The molecule has 0 heterocycles. The van der Waals surface area contributed by atoms with Gasteiger partial charge in [0.2, 0.25) is 0 Å². The summed E-state index contributed by atoms with van der Waals surface area (Å²) < 4.78 is 19.8. The Morgan fingerprint density at radius 1 is 0.750 bits per heavy atom. The fraction of sp³-hybridized carbons (Fsp3) is 0.900. The Morgan fingerprint density at radius 2 is 1.14 bits per heavy atom. The lowest BCUT2D eigenvalue weighted by Crippen LogP contribution is -2.09. The molecule has 2 N–H and O–H groups in total. The number of phosphoric acid groups is 1. The van der Waals surface area contributed by atoms with E-state index in [0.717, 1.165) is 19.3 Å². The summed E-state index contributed by atoms with van der Waals surface area (Å²) in [6, 6.07) is 0. The van der Waals surface area contributed by atoms with Crippen molar-refractivity contribution in [1.29, 1.82) is 0 Å². The number of carboxylic acids is 1. The van der Waals surface area contributed by atoms with E-state index in [-0.39, 0.29) is 6.42 Å². The van der Waals surface area contributed by atoms with E-state index in [2.05, 4.69) is 16.0 Å². The van der Waals surface area contributed by atoms with E-state index in [0.29, 0.717) is 6.42 Å². The van der Waals surface area contributed by atoms with E-state index in [1.807, 2.05) is 0 Å². The first kappa shape index (κ1) is 27.1. The first-order valence-electron chi connectivity index (χ1n) is 10.8. The lowest BCUT2D eigenvalue weighted by atomic mass is 10.0. The Labute approximate surface area is 169 Å². The van der Waals surface area contributed by atoms with Crippen LogP contribution in [0.1, 0.15) is 110 Å². The highest BCUT2D eigenvalue weighted by Crippen LogP contribution is 2.43. The van der Waals surface area contributed by atoms with Crippen LogP contribution in [0.4, 0.5) is 0 Å². The highest BCUT2D eigenvalue weighted by atomic mass is 31.2. The van der Waals surface area contributed by atoms with Crippen molar-refractivity contribution in [2.75, 3.05) is 6.61 Å². The summed E-state index contributed by atoms with van der Waals surface area (Å²) in [4.78, 5) is 30.9. The van der Waals surface area contributed by atoms with Gasteiger partial charge >= 0.3 is 19.8 Å². The number of carbonyl (C=O) groups excluding carboxylic acids is 1. The number of hydrogen-bond donors (Lipinski definition) is 2. The van der Waals surface area contributed by atoms with Crippen molar-refractivity contribution >= 4 is 19.8 Å². The second-order valence-electron chi connectivity index (χ2n) is 7.30. The molecule has 0 bridgehead atoms. The molecule has 0 radical (unpaired) electrons. The Morgan fingerprint density at radius 3 is 1.54 bits per heavy atom. The Hall–Kier alpha value is -0.910. The summed E-state index contributed by atoms with van der Waals surface area (Å²) in [5.74, 6) is -2.25. The minimum Gasteiger partial charge on any atom is -0.480 e. The van der Waals surface area contributed by atoms with Crippen LogP contribution in [0.2, 0.25) is 0 Å². The predicted molar refractivity (Wildman–Crippen MR) is 109 cm³/mol. The monoisotopic (exact) mass is 422 g/mol. The maximum atomic E-state index is 11.5. The molecule has 0 aromatic rings. The predicted octanol–water partition coefficient (Wildman–Crippen LogP) is 5.99. The molecule has 1 atom stereocenters. The quantitative estimate of drug-likeness (QED) is 0.183. The van der Waals surface area contributed by atoms with Gasteiger partial charge in [-0.15, -0.1) is 0 Å². The molecule has 0 saturated heterocycles. The summed E-state index contributed by atoms with van der Waals surface area (Å²) in [5.41, 5.74) is 0. The minimum absolute atomic E-state index is 0.0270. The van der Waals surface area contributed by atoms with E-state index in [1.54, 1.807) is 0 Å². The second-order valence-corrected chi connectivity index (χ2v) is 8.68. The van der Waals surface area contributed by atoms with Gasteiger partial charge in [-0.3, -0.25) is 14.2 Å². The third-order valence-corrected chi connectivity index (χ3v) is 5.44. The first-order chi connectivity index (χ1) is 13.4. The van der Waals surface area contributed by atoms with Crippen LogP contribution < -0.4 is 0 Å². The first-order valence-corrected chi connectivity index (χ1v) is 12.3. The van der Waals surface area contributed by atoms with Gasteiger partial charge in [-0.2, -0.15) is 0 Å². The van der Waals surface area contributed by atoms with Crippen molar-refractivity contribution in [3.05, 3.63) is 0 Å². The topological polar surface area (TPSA) is 110 Å². The zero-order valence-electron chi connectivity index (χ0n) is 17.4. The Kier molecular flexibility index (Phi) is 17.6. The van der Waals surface area contributed by atoms with E-state index < -0.39 is 26.4 Å². The van der Waals surface area contributed by atoms with Crippen molar-refractivity contribution < 1.29 is 33.2 Å². The highest BCUT2D eigenvalue weighted by Gasteiger charge is 2.26. The van der Waals surface area contributed by atoms with Gasteiger partial charge in [-0.1, -0.05) is 96.8 Å². The van der Waals surface area contributed by atoms with Gasteiger partial charge in [0.05, 0.1) is 0 Å². The number of phosphoric ester groups is 1. The molecule has 28 heavy (non-hydrogen) atoms. The molecule has 0 spiro atoms. The average molecular weight is 422 g/mol. The normalized spacial score (nSPS) is 13.2. The summed E-state index contributed by atoms with van der Waals surface area (Å²) in [6.45, 7) is 1.26. The van der Waals surface area contributed by atoms with Crippen LogP contribution in [0.15, 0.2) is 0 Å². The van der Waals surface area contributed by atoms with Crippen molar-refractivity contribution in [2.45, 2.75) is 110 Å². The fourth-order valence-electron chi connectivity index (χ4n) is 2.98. The molecule has 8 heteroatoms. The van der Waals surface area contributed by atoms with Gasteiger partial charge in [0, 0.05) is 6.42 Å². The van der Waals surface area contributed by atoms with Crippen LogP contribution in [0, 0.1) is 0 Å². The molecule has 0 aromatic heterocycles. The number of carboxylic acid groups (broad SMARTS) is 1. The largest absolute Gasteiger partial charge is 0.530 e. The van der Waals surface area contributed by atoms with Crippen LogP contribution in [0.3, 0.4) is 0 Å². The van der Waals surface area contributed by atoms with E-state index in [4.69, 9.17) is 5.11 Å². The molecule has 0 aliphatic rings. The van der Waals surface area contributed by atoms with Crippen molar-refractivity contribution in [2.24, 2.45) is 0 Å². The third kappa shape index (κ3) is 19.8. The highest BCUT2D eigenvalue weighted by molar-refractivity contribution is 7.48. The summed E-state index contributed by atoms with van der Waals surface area (Å²) in [7, 11) is -4.62. The van der Waals surface area contributed by atoms with Gasteiger partial charge in [0.25, 0.3) is 0 Å². The Balaban J connectivity index is 3.37. The van der Waals surface area contributed by atoms with Crippen molar-refractivity contribution in [3.63, 3.8) is 0 Å². The van der Waals surface area contributed by atoms with Crippen LogP contribution in [-0.2, 0) is 23.2 Å². The number of carbonyl (C=O) groups is 2. The average Bonchev–Trinajstić information content (AvgIpc) is 2.63. The molecule has 0 fully saturated rings. The molecule has 0 saturated carbocycles. The number of rotatable bonds is 20. The van der Waals surface area contributed by atoms with Gasteiger partial charge in [-0.25, -0.2) is 9.36 Å². The second kappa shape index (κ2) is 18.1. The molecule has 7 nitrogen and oxygen atoms in total. The molecule has 0 aliphatic heterocycles. The molecular weight excluding hydrogens is 383 g/mol. The molecule has 1 unspecified atom stereocenters. The standard InChI is InChI=1S/C20H39O7P/c1-2-3-4-5-6-7-8-9-10-11-12-13-14-15-16-17-20(23)27-28(24,25)26-18-19(21)22/h2-18H2,1H3,(H,21,22)(H,24,25).